The Morgan fingerprint density at radius 3 is 2.77 bits per heavy atom. The van der Waals surface area contributed by atoms with Gasteiger partial charge in [0.1, 0.15) is 22.6 Å². The SMILES string of the molecule is Cc1cc(N2CCC[C@H](NS(=O)(=O)c3cc(Cl)cnc3N)C2=O)n(C)n1. The van der Waals surface area contributed by atoms with Crippen LogP contribution >= 0.6 is 11.6 Å². The summed E-state index contributed by atoms with van der Waals surface area (Å²) in [6, 6.07) is 2.09. The van der Waals surface area contributed by atoms with Gasteiger partial charge in [0, 0.05) is 25.9 Å². The molecular weight excluding hydrogens is 380 g/mol. The number of halogens is 1. The maximum absolute atomic E-state index is 12.8. The number of nitrogen functional groups attached to an aromatic ring is 1. The van der Waals surface area contributed by atoms with Gasteiger partial charge < -0.3 is 5.73 Å². The Bertz CT molecular complexity index is 958. The van der Waals surface area contributed by atoms with E-state index in [0.717, 1.165) is 5.69 Å². The average Bonchev–Trinajstić information content (AvgIpc) is 2.90. The number of pyridine rings is 1. The van der Waals surface area contributed by atoms with Crippen LogP contribution in [0.25, 0.3) is 0 Å². The molecule has 1 saturated heterocycles. The zero-order chi connectivity index (χ0) is 19.1. The predicted octanol–water partition coefficient (Wildman–Crippen LogP) is 0.833. The molecule has 140 valence electrons. The van der Waals surface area contributed by atoms with Crippen LogP contribution in [0.2, 0.25) is 5.02 Å². The van der Waals surface area contributed by atoms with E-state index in [2.05, 4.69) is 14.8 Å². The molecule has 0 unspecified atom stereocenters. The summed E-state index contributed by atoms with van der Waals surface area (Å²) in [6.07, 6.45) is 2.29. The highest BCUT2D eigenvalue weighted by atomic mass is 35.5. The third-order valence-electron chi connectivity index (χ3n) is 4.13. The lowest BCUT2D eigenvalue weighted by atomic mass is 10.1. The number of piperidine rings is 1. The summed E-state index contributed by atoms with van der Waals surface area (Å²) in [5.41, 5.74) is 6.43. The largest absolute Gasteiger partial charge is 0.383 e. The lowest BCUT2D eigenvalue weighted by Gasteiger charge is -2.32. The number of hydrogen-bond donors (Lipinski definition) is 2. The fourth-order valence-electron chi connectivity index (χ4n) is 2.96. The molecule has 0 saturated carbocycles. The van der Waals surface area contributed by atoms with Crippen molar-refractivity contribution in [2.45, 2.75) is 30.7 Å². The van der Waals surface area contributed by atoms with Crippen LogP contribution in [-0.4, -0.2) is 41.7 Å². The molecule has 1 fully saturated rings. The predicted molar refractivity (Wildman–Crippen MR) is 97.3 cm³/mol. The monoisotopic (exact) mass is 398 g/mol. The fraction of sp³-hybridized carbons (Fsp3) is 0.400. The van der Waals surface area contributed by atoms with E-state index in [4.69, 9.17) is 17.3 Å². The number of aryl methyl sites for hydroxylation is 2. The minimum Gasteiger partial charge on any atom is -0.383 e. The molecule has 0 aromatic carbocycles. The van der Waals surface area contributed by atoms with Gasteiger partial charge in [-0.3, -0.25) is 14.4 Å². The Balaban J connectivity index is 1.86. The summed E-state index contributed by atoms with van der Waals surface area (Å²) < 4.78 is 29.3. The van der Waals surface area contributed by atoms with Crippen LogP contribution in [0.15, 0.2) is 23.2 Å². The van der Waals surface area contributed by atoms with Crippen LogP contribution in [0, 0.1) is 6.92 Å². The first-order valence-corrected chi connectivity index (χ1v) is 9.80. The number of sulfonamides is 1. The first kappa shape index (κ1) is 18.6. The molecule has 2 aromatic rings. The van der Waals surface area contributed by atoms with E-state index in [1.54, 1.807) is 17.8 Å². The Morgan fingerprint density at radius 2 is 2.12 bits per heavy atom. The maximum atomic E-state index is 12.8. The molecule has 1 amide bonds. The first-order valence-electron chi connectivity index (χ1n) is 7.94. The van der Waals surface area contributed by atoms with Gasteiger partial charge >= 0.3 is 0 Å². The number of aromatic nitrogens is 3. The van der Waals surface area contributed by atoms with Crippen molar-refractivity contribution in [1.29, 1.82) is 0 Å². The third kappa shape index (κ3) is 3.53. The summed E-state index contributed by atoms with van der Waals surface area (Å²) in [5, 5.41) is 4.37. The number of nitrogens with two attached hydrogens (primary N) is 1. The lowest BCUT2D eigenvalue weighted by molar-refractivity contribution is -0.121. The van der Waals surface area contributed by atoms with Gasteiger partial charge in [0.05, 0.1) is 10.7 Å². The zero-order valence-corrected chi connectivity index (χ0v) is 15.9. The molecule has 0 bridgehead atoms. The van der Waals surface area contributed by atoms with Gasteiger partial charge in [-0.2, -0.15) is 9.82 Å². The van der Waals surface area contributed by atoms with Crippen molar-refractivity contribution in [1.82, 2.24) is 19.5 Å². The van der Waals surface area contributed by atoms with Gasteiger partial charge in [-0.15, -0.1) is 0 Å². The van der Waals surface area contributed by atoms with Crippen LogP contribution in [0.3, 0.4) is 0 Å². The van der Waals surface area contributed by atoms with Crippen molar-refractivity contribution in [3.8, 4) is 0 Å². The van der Waals surface area contributed by atoms with Crippen LogP contribution in [0.1, 0.15) is 18.5 Å². The van der Waals surface area contributed by atoms with Gasteiger partial charge in [0.25, 0.3) is 0 Å². The molecule has 0 spiro atoms. The zero-order valence-electron chi connectivity index (χ0n) is 14.3. The highest BCUT2D eigenvalue weighted by Gasteiger charge is 2.35. The van der Waals surface area contributed by atoms with Gasteiger partial charge in [-0.05, 0) is 25.8 Å². The molecule has 3 rings (SSSR count). The molecule has 3 heterocycles. The highest BCUT2D eigenvalue weighted by molar-refractivity contribution is 7.89. The number of nitrogens with zero attached hydrogens (tertiary/aromatic N) is 4. The quantitative estimate of drug-likeness (QED) is 0.786. The molecule has 0 aliphatic carbocycles. The lowest BCUT2D eigenvalue weighted by Crippen LogP contribution is -2.52. The second kappa shape index (κ2) is 6.86. The Hall–Kier alpha value is -2.17. The maximum Gasteiger partial charge on any atom is 0.246 e. The Morgan fingerprint density at radius 1 is 1.38 bits per heavy atom. The van der Waals surface area contributed by atoms with Crippen molar-refractivity contribution < 1.29 is 13.2 Å². The first-order chi connectivity index (χ1) is 12.2. The van der Waals surface area contributed by atoms with Gasteiger partial charge in [-0.25, -0.2) is 13.4 Å². The highest BCUT2D eigenvalue weighted by Crippen LogP contribution is 2.24. The number of nitrogens with one attached hydrogen (secondary N) is 1. The van der Waals surface area contributed by atoms with Crippen molar-refractivity contribution in [3.63, 3.8) is 0 Å². The van der Waals surface area contributed by atoms with Crippen LogP contribution in [0.4, 0.5) is 11.6 Å². The molecular formula is C15H19ClN6O3S. The van der Waals surface area contributed by atoms with E-state index < -0.39 is 16.1 Å². The summed E-state index contributed by atoms with van der Waals surface area (Å²) in [7, 11) is -2.31. The molecule has 0 radical (unpaired) electrons. The summed E-state index contributed by atoms with van der Waals surface area (Å²) >= 11 is 5.82. The topological polar surface area (TPSA) is 123 Å². The third-order valence-corrected chi connectivity index (χ3v) is 5.84. The average molecular weight is 399 g/mol. The summed E-state index contributed by atoms with van der Waals surface area (Å²) in [6.45, 7) is 2.32. The molecule has 9 nitrogen and oxygen atoms in total. The van der Waals surface area contributed by atoms with Crippen molar-refractivity contribution >= 4 is 39.2 Å². The van der Waals surface area contributed by atoms with E-state index in [1.165, 1.54) is 17.2 Å². The smallest absolute Gasteiger partial charge is 0.246 e. The molecule has 1 aliphatic rings. The number of carbonyl (C=O) groups excluding carboxylic acids is 1. The Labute approximate surface area is 156 Å². The van der Waals surface area contributed by atoms with E-state index in [1.807, 2.05) is 6.92 Å². The van der Waals surface area contributed by atoms with Crippen molar-refractivity contribution in [2.24, 2.45) is 7.05 Å². The fourth-order valence-corrected chi connectivity index (χ4v) is 4.51. The molecule has 11 heteroatoms. The molecule has 26 heavy (non-hydrogen) atoms. The van der Waals surface area contributed by atoms with Gasteiger partial charge in [0.2, 0.25) is 15.9 Å². The van der Waals surface area contributed by atoms with Crippen molar-refractivity contribution in [3.05, 3.63) is 29.0 Å². The molecule has 2 aromatic heterocycles. The number of hydrogen-bond acceptors (Lipinski definition) is 6. The van der Waals surface area contributed by atoms with Gasteiger partial charge in [-0.1, -0.05) is 11.6 Å². The van der Waals surface area contributed by atoms with Crippen LogP contribution < -0.4 is 15.4 Å². The molecule has 3 N–H and O–H groups in total. The van der Waals surface area contributed by atoms with E-state index in [9.17, 15) is 13.2 Å². The molecule has 1 atom stereocenters. The number of anilines is 2. The van der Waals surface area contributed by atoms with E-state index >= 15 is 0 Å². The second-order valence-corrected chi connectivity index (χ2v) is 8.23. The minimum atomic E-state index is -4.05. The van der Waals surface area contributed by atoms with E-state index in [-0.39, 0.29) is 21.6 Å². The summed E-state index contributed by atoms with van der Waals surface area (Å²) in [4.78, 5) is 17.9. The van der Waals surface area contributed by atoms with E-state index in [0.29, 0.717) is 25.2 Å². The van der Waals surface area contributed by atoms with Crippen LogP contribution in [-0.2, 0) is 21.9 Å². The normalized spacial score (nSPS) is 18.3. The van der Waals surface area contributed by atoms with Crippen LogP contribution in [0.5, 0.6) is 0 Å². The van der Waals surface area contributed by atoms with Crippen molar-refractivity contribution in [2.75, 3.05) is 17.2 Å². The number of carbonyl (C=O) groups is 1. The van der Waals surface area contributed by atoms with Gasteiger partial charge in [0.15, 0.2) is 0 Å². The Kier molecular flexibility index (Phi) is 4.91. The summed E-state index contributed by atoms with van der Waals surface area (Å²) in [5.74, 6) is 0.112. The minimum absolute atomic E-state index is 0.140. The number of rotatable bonds is 4. The standard InChI is InChI=1S/C15H19ClN6O3S/c1-9-6-13(21(2)19-9)22-5-3-4-11(15(22)23)20-26(24,25)12-7-10(16)8-18-14(12)17/h6-8,11,20H,3-5H2,1-2H3,(H2,17,18)/t11-/m0/s1. The number of amides is 1. The molecule has 1 aliphatic heterocycles. The second-order valence-electron chi connectivity index (χ2n) is 6.11.